The lowest BCUT2D eigenvalue weighted by atomic mass is 9.85. The van der Waals surface area contributed by atoms with E-state index in [0.717, 1.165) is 16.7 Å². The van der Waals surface area contributed by atoms with Crippen molar-refractivity contribution in [2.45, 2.75) is 32.2 Å². The number of anilines is 2. The highest BCUT2D eigenvalue weighted by Gasteiger charge is 2.33. The molecular formula is C24H23N7O. The number of rotatable bonds is 3. The molecule has 5 rings (SSSR count). The maximum absolute atomic E-state index is 12.7. The fourth-order valence-electron chi connectivity index (χ4n) is 3.90. The number of hydrogen-bond acceptors (Lipinski definition) is 6. The monoisotopic (exact) mass is 425 g/mol. The summed E-state index contributed by atoms with van der Waals surface area (Å²) in [6, 6.07) is 17.9. The van der Waals surface area contributed by atoms with Crippen LogP contribution in [-0.4, -0.2) is 30.4 Å². The quantitative estimate of drug-likeness (QED) is 0.454. The Bertz CT molecular complexity index is 1350. The average molecular weight is 425 g/mol. The fraction of sp³-hybridized carbons (Fsp3) is 0.208. The predicted molar refractivity (Wildman–Crippen MR) is 124 cm³/mol. The van der Waals surface area contributed by atoms with Gasteiger partial charge in [0.1, 0.15) is 11.7 Å². The van der Waals surface area contributed by atoms with Crippen molar-refractivity contribution in [1.29, 1.82) is 0 Å². The number of tetrazole rings is 1. The van der Waals surface area contributed by atoms with E-state index in [-0.39, 0.29) is 11.0 Å². The molecule has 0 saturated carbocycles. The van der Waals surface area contributed by atoms with Gasteiger partial charge in [0.25, 0.3) is 5.56 Å². The second-order valence-electron chi connectivity index (χ2n) is 8.82. The van der Waals surface area contributed by atoms with E-state index in [1.54, 1.807) is 4.68 Å². The third-order valence-corrected chi connectivity index (χ3v) is 5.62. The number of aromatic amines is 1. The van der Waals surface area contributed by atoms with Crippen LogP contribution in [0.4, 0.5) is 11.6 Å². The van der Waals surface area contributed by atoms with Crippen molar-refractivity contribution >= 4 is 23.8 Å². The number of benzene rings is 2. The van der Waals surface area contributed by atoms with Gasteiger partial charge in [0.2, 0.25) is 5.95 Å². The normalized spacial score (nSPS) is 15.3. The molecule has 0 aliphatic carbocycles. The zero-order valence-electron chi connectivity index (χ0n) is 18.1. The topological polar surface area (TPSA) is 101 Å². The van der Waals surface area contributed by atoms with Crippen molar-refractivity contribution in [2.24, 2.45) is 0 Å². The fourth-order valence-corrected chi connectivity index (χ4v) is 3.90. The molecule has 160 valence electrons. The van der Waals surface area contributed by atoms with Gasteiger partial charge in [0.05, 0.1) is 5.69 Å². The Hall–Kier alpha value is -4.07. The van der Waals surface area contributed by atoms with Crippen LogP contribution in [0.25, 0.3) is 12.2 Å². The van der Waals surface area contributed by atoms with Gasteiger partial charge in [-0.25, -0.2) is 5.10 Å². The van der Waals surface area contributed by atoms with Crippen molar-refractivity contribution in [3.05, 3.63) is 92.9 Å². The van der Waals surface area contributed by atoms with Crippen molar-refractivity contribution in [2.75, 3.05) is 5.32 Å². The van der Waals surface area contributed by atoms with Crippen molar-refractivity contribution < 1.29 is 0 Å². The minimum absolute atomic E-state index is 0.0345. The lowest BCUT2D eigenvalue weighted by Crippen LogP contribution is -2.29. The molecule has 1 aliphatic heterocycles. The zero-order chi connectivity index (χ0) is 22.3. The van der Waals surface area contributed by atoms with Gasteiger partial charge >= 0.3 is 0 Å². The van der Waals surface area contributed by atoms with Crippen LogP contribution >= 0.6 is 0 Å². The molecule has 3 heterocycles. The summed E-state index contributed by atoms with van der Waals surface area (Å²) >= 11 is 0. The molecule has 1 atom stereocenters. The van der Waals surface area contributed by atoms with E-state index in [0.29, 0.717) is 17.3 Å². The number of H-pyrrole nitrogens is 1. The first-order valence-corrected chi connectivity index (χ1v) is 10.4. The third-order valence-electron chi connectivity index (χ3n) is 5.62. The Morgan fingerprint density at radius 3 is 2.47 bits per heavy atom. The minimum atomic E-state index is -0.393. The van der Waals surface area contributed by atoms with Crippen LogP contribution in [0.5, 0.6) is 0 Å². The smallest absolute Gasteiger partial charge is 0.288 e. The molecule has 0 bridgehead atoms. The second-order valence-corrected chi connectivity index (χ2v) is 8.82. The summed E-state index contributed by atoms with van der Waals surface area (Å²) in [5.74, 6) is 0.414. The molecular weight excluding hydrogens is 402 g/mol. The highest BCUT2D eigenvalue weighted by molar-refractivity contribution is 5.75. The molecule has 0 spiro atoms. The van der Waals surface area contributed by atoms with Gasteiger partial charge in [-0.1, -0.05) is 86.5 Å². The van der Waals surface area contributed by atoms with E-state index >= 15 is 0 Å². The molecule has 0 saturated heterocycles. The Morgan fingerprint density at radius 1 is 1.00 bits per heavy atom. The predicted octanol–water partition coefficient (Wildman–Crippen LogP) is 3.92. The molecule has 0 unspecified atom stereocenters. The Labute approximate surface area is 185 Å². The van der Waals surface area contributed by atoms with Gasteiger partial charge in [-0.2, -0.15) is 9.78 Å². The lowest BCUT2D eigenvalue weighted by molar-refractivity contribution is 0.562. The number of fused-ring (bicyclic) bond motifs is 2. The van der Waals surface area contributed by atoms with Gasteiger partial charge in [0.15, 0.2) is 0 Å². The Kier molecular flexibility index (Phi) is 4.70. The molecule has 2 aromatic heterocycles. The average Bonchev–Trinajstić information content (AvgIpc) is 3.26. The lowest BCUT2D eigenvalue weighted by Gasteiger charge is -2.28. The van der Waals surface area contributed by atoms with Crippen LogP contribution in [0.2, 0.25) is 0 Å². The highest BCUT2D eigenvalue weighted by Crippen LogP contribution is 2.38. The maximum atomic E-state index is 12.7. The maximum Gasteiger partial charge on any atom is 0.288 e. The summed E-state index contributed by atoms with van der Waals surface area (Å²) in [6.07, 6.45) is 3.87. The van der Waals surface area contributed by atoms with E-state index in [2.05, 4.69) is 76.1 Å². The van der Waals surface area contributed by atoms with Crippen molar-refractivity contribution in [3.63, 3.8) is 0 Å². The molecule has 0 amide bonds. The molecule has 32 heavy (non-hydrogen) atoms. The van der Waals surface area contributed by atoms with Crippen LogP contribution in [0.3, 0.4) is 0 Å². The first-order chi connectivity index (χ1) is 15.4. The van der Waals surface area contributed by atoms with Crippen LogP contribution in [0, 0.1) is 0 Å². The summed E-state index contributed by atoms with van der Waals surface area (Å²) in [5, 5.41) is 22.1. The van der Waals surface area contributed by atoms with Crippen LogP contribution < -0.4 is 10.9 Å². The summed E-state index contributed by atoms with van der Waals surface area (Å²) in [6.45, 7) is 6.53. The number of nitrogens with zero attached hydrogens (tertiary/aromatic N) is 5. The number of aromatic nitrogens is 6. The molecule has 8 nitrogen and oxygen atoms in total. The van der Waals surface area contributed by atoms with E-state index in [4.69, 9.17) is 0 Å². The van der Waals surface area contributed by atoms with Gasteiger partial charge in [0, 0.05) is 5.56 Å². The Morgan fingerprint density at radius 2 is 1.75 bits per heavy atom. The van der Waals surface area contributed by atoms with E-state index in [1.807, 2.05) is 42.5 Å². The zero-order valence-corrected chi connectivity index (χ0v) is 18.1. The number of hydrogen-bond donors (Lipinski definition) is 2. The molecule has 0 fully saturated rings. The first-order valence-electron chi connectivity index (χ1n) is 10.4. The van der Waals surface area contributed by atoms with Gasteiger partial charge in [-0.3, -0.25) is 4.79 Å². The molecule has 0 radical (unpaired) electrons. The second kappa shape index (κ2) is 7.56. The largest absolute Gasteiger partial charge is 0.318 e. The SMILES string of the molecule is CC(C)(C)c1ccc([C@H]2c3c(/C=C/c4ccccc4)n[nH]c(=O)c3Nc3nnnn32)cc1. The van der Waals surface area contributed by atoms with Gasteiger partial charge < -0.3 is 5.32 Å². The van der Waals surface area contributed by atoms with Crippen LogP contribution in [0.15, 0.2) is 59.4 Å². The highest BCUT2D eigenvalue weighted by atomic mass is 16.1. The summed E-state index contributed by atoms with van der Waals surface area (Å²) in [5.41, 5.74) is 4.71. The third kappa shape index (κ3) is 3.49. The summed E-state index contributed by atoms with van der Waals surface area (Å²) in [7, 11) is 0. The van der Waals surface area contributed by atoms with E-state index < -0.39 is 6.04 Å². The summed E-state index contributed by atoms with van der Waals surface area (Å²) < 4.78 is 1.69. The molecule has 4 aromatic rings. The van der Waals surface area contributed by atoms with Crippen LogP contribution in [-0.2, 0) is 5.41 Å². The van der Waals surface area contributed by atoms with Crippen molar-refractivity contribution in [1.82, 2.24) is 30.4 Å². The first kappa shape index (κ1) is 19.9. The molecule has 2 aromatic carbocycles. The van der Waals surface area contributed by atoms with E-state index in [9.17, 15) is 4.79 Å². The van der Waals surface area contributed by atoms with Gasteiger partial charge in [-0.05, 0) is 38.6 Å². The number of nitrogens with one attached hydrogen (secondary N) is 2. The molecule has 1 aliphatic rings. The standard InChI is InChI=1S/C24H23N7O/c1-24(2,3)17-12-10-16(11-13-17)21-19-18(14-9-15-7-5-4-6-8-15)26-27-22(32)20(19)25-23-28-29-30-31(21)23/h4-14,21H,1-3H3,(H,27,32)(H,25,28,30)/b14-9+/t21-/m0/s1. The molecule has 2 N–H and O–H groups in total. The minimum Gasteiger partial charge on any atom is -0.318 e. The summed E-state index contributed by atoms with van der Waals surface area (Å²) in [4.78, 5) is 12.7. The Balaban J connectivity index is 1.67. The molecule has 8 heteroatoms. The van der Waals surface area contributed by atoms with Gasteiger partial charge in [-0.15, -0.1) is 0 Å². The van der Waals surface area contributed by atoms with Crippen molar-refractivity contribution in [3.8, 4) is 0 Å². The van der Waals surface area contributed by atoms with Crippen LogP contribution in [0.1, 0.15) is 54.8 Å². The van der Waals surface area contributed by atoms with E-state index in [1.165, 1.54) is 5.56 Å².